The van der Waals surface area contributed by atoms with Crippen LogP contribution in [-0.2, 0) is 16.1 Å². The molecule has 0 spiro atoms. The number of fused-ring (bicyclic) bond motifs is 1. The Morgan fingerprint density at radius 3 is 2.26 bits per heavy atom. The molecule has 180 valence electrons. The fourth-order valence-corrected chi connectivity index (χ4v) is 4.47. The SMILES string of the molecule is CC12CCCN1N(Cc1cc(F)c(F)c(F)c1)C(=O)C(C(=O)Nc1cc(F)c(Br)c(F)c1)=C2O. The predicted molar refractivity (Wildman–Crippen MR) is 114 cm³/mol. The van der Waals surface area contributed by atoms with E-state index in [1.807, 2.05) is 0 Å². The number of hydrogen-bond acceptors (Lipinski definition) is 4. The Hall–Kier alpha value is -2.99. The normalized spacial score (nSPS) is 20.7. The van der Waals surface area contributed by atoms with Gasteiger partial charge < -0.3 is 10.4 Å². The van der Waals surface area contributed by atoms with Crippen molar-refractivity contribution in [1.82, 2.24) is 10.0 Å². The van der Waals surface area contributed by atoms with Crippen molar-refractivity contribution in [2.45, 2.75) is 31.8 Å². The molecular formula is C22H17BrF5N3O3. The molecule has 4 rings (SSSR count). The molecule has 0 aliphatic carbocycles. The number of nitrogens with zero attached hydrogens (tertiary/aromatic N) is 2. The minimum atomic E-state index is -1.66. The summed E-state index contributed by atoms with van der Waals surface area (Å²) in [5.74, 6) is -9.22. The number of hydrazine groups is 1. The van der Waals surface area contributed by atoms with E-state index in [-0.39, 0.29) is 17.8 Å². The van der Waals surface area contributed by atoms with E-state index in [1.165, 1.54) is 5.01 Å². The van der Waals surface area contributed by atoms with Crippen molar-refractivity contribution in [3.05, 3.63) is 74.7 Å². The third kappa shape index (κ3) is 3.94. The van der Waals surface area contributed by atoms with E-state index in [0.29, 0.717) is 12.8 Å². The molecule has 1 atom stereocenters. The van der Waals surface area contributed by atoms with E-state index in [2.05, 4.69) is 21.2 Å². The molecule has 0 saturated carbocycles. The Kier molecular flexibility index (Phi) is 6.15. The Balaban J connectivity index is 1.71. The molecule has 0 aromatic heterocycles. The van der Waals surface area contributed by atoms with Gasteiger partial charge in [-0.05, 0) is 65.5 Å². The standard InChI is InChI=1S/C22H17BrF5N3O3/c1-22-3-2-4-31(22)30(9-10-5-14(26)18(28)15(27)6-10)21(34)16(19(22)32)20(33)29-11-7-12(24)17(23)13(25)8-11/h5-8,32H,2-4,9H2,1H3,(H,29,33). The first kappa shape index (κ1) is 24.1. The molecule has 2 aromatic carbocycles. The monoisotopic (exact) mass is 545 g/mol. The third-order valence-electron chi connectivity index (χ3n) is 5.93. The largest absolute Gasteiger partial charge is 0.509 e. The van der Waals surface area contributed by atoms with Gasteiger partial charge in [-0.3, -0.25) is 14.6 Å². The number of carbonyl (C=O) groups excluding carboxylic acids is 2. The molecule has 0 radical (unpaired) electrons. The van der Waals surface area contributed by atoms with Gasteiger partial charge in [0.1, 0.15) is 23.0 Å². The lowest BCUT2D eigenvalue weighted by atomic mass is 9.90. The van der Waals surface area contributed by atoms with E-state index in [9.17, 15) is 36.6 Å². The smallest absolute Gasteiger partial charge is 0.277 e. The number of benzene rings is 2. The average Bonchev–Trinajstić information content (AvgIpc) is 3.16. The van der Waals surface area contributed by atoms with Crippen LogP contribution in [0.4, 0.5) is 27.6 Å². The molecule has 34 heavy (non-hydrogen) atoms. The summed E-state index contributed by atoms with van der Waals surface area (Å²) in [6.07, 6.45) is 0.863. The molecule has 2 N–H and O–H groups in total. The lowest BCUT2D eigenvalue weighted by Crippen LogP contribution is -2.60. The number of amides is 2. The van der Waals surface area contributed by atoms with Crippen molar-refractivity contribution >= 4 is 33.4 Å². The van der Waals surface area contributed by atoms with Crippen molar-refractivity contribution in [3.63, 3.8) is 0 Å². The van der Waals surface area contributed by atoms with Gasteiger partial charge in [0.05, 0.1) is 16.6 Å². The summed E-state index contributed by atoms with van der Waals surface area (Å²) in [4.78, 5) is 26.2. The van der Waals surface area contributed by atoms with Crippen molar-refractivity contribution in [3.8, 4) is 0 Å². The number of aliphatic hydroxyl groups is 1. The zero-order valence-corrected chi connectivity index (χ0v) is 19.1. The molecule has 1 fully saturated rings. The van der Waals surface area contributed by atoms with Crippen LogP contribution in [0.1, 0.15) is 25.3 Å². The molecule has 2 aliphatic rings. The molecule has 2 aliphatic heterocycles. The van der Waals surface area contributed by atoms with E-state index in [1.54, 1.807) is 6.92 Å². The lowest BCUT2D eigenvalue weighted by molar-refractivity contribution is -0.160. The second-order valence-electron chi connectivity index (χ2n) is 8.17. The van der Waals surface area contributed by atoms with Crippen molar-refractivity contribution in [2.24, 2.45) is 0 Å². The molecule has 1 unspecified atom stereocenters. The molecule has 0 bridgehead atoms. The molecule has 2 aromatic rings. The highest BCUT2D eigenvalue weighted by atomic mass is 79.9. The number of halogens is 6. The average molecular weight is 546 g/mol. The molecule has 12 heteroatoms. The van der Waals surface area contributed by atoms with Crippen LogP contribution in [0, 0.1) is 29.1 Å². The zero-order chi connectivity index (χ0) is 24.9. The summed E-state index contributed by atoms with van der Waals surface area (Å²) in [5, 5.41) is 15.6. The van der Waals surface area contributed by atoms with Gasteiger partial charge >= 0.3 is 0 Å². The maximum absolute atomic E-state index is 13.9. The van der Waals surface area contributed by atoms with Gasteiger partial charge in [-0.1, -0.05) is 0 Å². The Labute approximate surface area is 198 Å². The van der Waals surface area contributed by atoms with Gasteiger partial charge in [0, 0.05) is 12.2 Å². The topological polar surface area (TPSA) is 72.9 Å². The van der Waals surface area contributed by atoms with Crippen LogP contribution in [0.5, 0.6) is 0 Å². The van der Waals surface area contributed by atoms with Crippen molar-refractivity contribution in [2.75, 3.05) is 11.9 Å². The van der Waals surface area contributed by atoms with E-state index < -0.39 is 68.8 Å². The number of carbonyl (C=O) groups is 2. The van der Waals surface area contributed by atoms with Gasteiger partial charge in [-0.15, -0.1) is 0 Å². The summed E-state index contributed by atoms with van der Waals surface area (Å²) < 4.78 is 68.1. The third-order valence-corrected chi connectivity index (χ3v) is 6.69. The summed E-state index contributed by atoms with van der Waals surface area (Å²) in [6.45, 7) is 1.44. The first-order chi connectivity index (χ1) is 15.9. The number of rotatable bonds is 4. The fraction of sp³-hybridized carbons (Fsp3) is 0.273. The van der Waals surface area contributed by atoms with Crippen molar-refractivity contribution < 1.29 is 36.6 Å². The minimum Gasteiger partial charge on any atom is -0.509 e. The first-order valence-corrected chi connectivity index (χ1v) is 10.9. The fourth-order valence-electron chi connectivity index (χ4n) is 4.24. The number of hydrogen-bond donors (Lipinski definition) is 2. The predicted octanol–water partition coefficient (Wildman–Crippen LogP) is 4.71. The highest BCUT2D eigenvalue weighted by molar-refractivity contribution is 9.10. The van der Waals surface area contributed by atoms with E-state index >= 15 is 0 Å². The molecule has 6 nitrogen and oxygen atoms in total. The van der Waals surface area contributed by atoms with Gasteiger partial charge in [-0.2, -0.15) is 0 Å². The van der Waals surface area contributed by atoms with Crippen LogP contribution in [0.3, 0.4) is 0 Å². The second-order valence-corrected chi connectivity index (χ2v) is 8.96. The Morgan fingerprint density at radius 2 is 1.68 bits per heavy atom. The first-order valence-electron chi connectivity index (χ1n) is 10.1. The van der Waals surface area contributed by atoms with Crippen molar-refractivity contribution in [1.29, 1.82) is 0 Å². The van der Waals surface area contributed by atoms with Gasteiger partial charge in [0.2, 0.25) is 0 Å². The zero-order valence-electron chi connectivity index (χ0n) is 17.6. The number of aliphatic hydroxyl groups excluding tert-OH is 1. The van der Waals surface area contributed by atoms with Crippen LogP contribution < -0.4 is 5.32 Å². The highest BCUT2D eigenvalue weighted by Gasteiger charge is 2.52. The minimum absolute atomic E-state index is 0.0859. The van der Waals surface area contributed by atoms with Crippen LogP contribution in [0.15, 0.2) is 40.1 Å². The molecule has 1 saturated heterocycles. The Morgan fingerprint density at radius 1 is 1.09 bits per heavy atom. The van der Waals surface area contributed by atoms with Gasteiger partial charge in [0.25, 0.3) is 11.8 Å². The number of anilines is 1. The maximum atomic E-state index is 13.9. The van der Waals surface area contributed by atoms with E-state index in [4.69, 9.17) is 0 Å². The molecule has 2 amide bonds. The van der Waals surface area contributed by atoms with Gasteiger partial charge in [-0.25, -0.2) is 27.0 Å². The lowest BCUT2D eigenvalue weighted by Gasteiger charge is -2.46. The molecule has 2 heterocycles. The summed E-state index contributed by atoms with van der Waals surface area (Å²) in [5.41, 5.74) is -2.28. The Bertz CT molecular complexity index is 1210. The van der Waals surface area contributed by atoms with Gasteiger partial charge in [0.15, 0.2) is 17.5 Å². The summed E-state index contributed by atoms with van der Waals surface area (Å²) in [6, 6.07) is 3.09. The molecular weight excluding hydrogens is 529 g/mol. The summed E-state index contributed by atoms with van der Waals surface area (Å²) >= 11 is 2.71. The van der Waals surface area contributed by atoms with Crippen LogP contribution >= 0.6 is 15.9 Å². The number of nitrogens with one attached hydrogen (secondary N) is 1. The summed E-state index contributed by atoms with van der Waals surface area (Å²) in [7, 11) is 0. The van der Waals surface area contributed by atoms with Crippen LogP contribution in [0.2, 0.25) is 0 Å². The van der Waals surface area contributed by atoms with E-state index in [0.717, 1.165) is 29.3 Å². The maximum Gasteiger partial charge on any atom is 0.277 e. The van der Waals surface area contributed by atoms with Crippen LogP contribution in [-0.4, -0.2) is 39.0 Å². The van der Waals surface area contributed by atoms with Crippen LogP contribution in [0.25, 0.3) is 0 Å². The highest BCUT2D eigenvalue weighted by Crippen LogP contribution is 2.42. The second kappa shape index (κ2) is 8.66. The quantitative estimate of drug-likeness (QED) is 0.331.